The molecule has 0 saturated heterocycles. The second-order valence-electron chi connectivity index (χ2n) is 4.74. The van der Waals surface area contributed by atoms with Gasteiger partial charge < -0.3 is 4.84 Å². The summed E-state index contributed by atoms with van der Waals surface area (Å²) in [7, 11) is 0. The maximum atomic E-state index is 12.1. The Hall–Kier alpha value is -1.68. The summed E-state index contributed by atoms with van der Waals surface area (Å²) < 4.78 is 0. The normalized spacial score (nSPS) is 23.5. The van der Waals surface area contributed by atoms with Crippen molar-refractivity contribution in [1.82, 2.24) is 0 Å². The first-order valence-corrected chi connectivity index (χ1v) is 6.14. The Bertz CT molecular complexity index is 496. The molecule has 2 atom stereocenters. The second kappa shape index (κ2) is 4.90. The van der Waals surface area contributed by atoms with Gasteiger partial charge in [0, 0.05) is 12.3 Å². The average molecular weight is 247 g/mol. The Morgan fingerprint density at radius 1 is 1.39 bits per heavy atom. The van der Waals surface area contributed by atoms with Crippen LogP contribution in [0.4, 0.5) is 0 Å². The van der Waals surface area contributed by atoms with E-state index in [9.17, 15) is 9.59 Å². The molecule has 1 aromatic carbocycles. The summed E-state index contributed by atoms with van der Waals surface area (Å²) in [6.07, 6.45) is 1.10. The Balaban J connectivity index is 2.49. The largest absolute Gasteiger partial charge is 0.412 e. The summed E-state index contributed by atoms with van der Waals surface area (Å²) in [5, 5.41) is 0. The van der Waals surface area contributed by atoms with E-state index in [1.807, 2.05) is 13.0 Å². The van der Waals surface area contributed by atoms with Crippen LogP contribution in [0.2, 0.25) is 0 Å². The lowest BCUT2D eigenvalue weighted by atomic mass is 9.89. The van der Waals surface area contributed by atoms with Crippen molar-refractivity contribution < 1.29 is 14.4 Å². The number of hydrogen-bond acceptors (Lipinski definition) is 4. The van der Waals surface area contributed by atoms with Gasteiger partial charge in [-0.2, -0.15) is 5.90 Å². The molecule has 1 aromatic rings. The van der Waals surface area contributed by atoms with Crippen LogP contribution in [0.15, 0.2) is 18.2 Å². The van der Waals surface area contributed by atoms with E-state index in [0.717, 1.165) is 17.5 Å². The van der Waals surface area contributed by atoms with Gasteiger partial charge >= 0.3 is 0 Å². The van der Waals surface area contributed by atoms with Gasteiger partial charge in [-0.15, -0.1) is 0 Å². The third-order valence-corrected chi connectivity index (χ3v) is 3.54. The molecule has 18 heavy (non-hydrogen) atoms. The van der Waals surface area contributed by atoms with E-state index in [0.29, 0.717) is 12.2 Å². The first-order chi connectivity index (χ1) is 8.58. The molecule has 4 nitrogen and oxygen atoms in total. The lowest BCUT2D eigenvalue weighted by Gasteiger charge is -2.14. The number of nitrogens with two attached hydrogens (primary N) is 1. The van der Waals surface area contributed by atoms with Crippen molar-refractivity contribution in [3.8, 4) is 5.75 Å². The van der Waals surface area contributed by atoms with Crippen molar-refractivity contribution in [1.29, 1.82) is 0 Å². The Kier molecular flexibility index (Phi) is 3.48. The number of benzene rings is 1. The van der Waals surface area contributed by atoms with Crippen LogP contribution in [0.5, 0.6) is 5.75 Å². The van der Waals surface area contributed by atoms with E-state index < -0.39 is 5.92 Å². The van der Waals surface area contributed by atoms with Crippen molar-refractivity contribution >= 4 is 11.6 Å². The fourth-order valence-electron chi connectivity index (χ4n) is 2.53. The first kappa shape index (κ1) is 12.8. The van der Waals surface area contributed by atoms with Crippen LogP contribution in [-0.4, -0.2) is 11.6 Å². The Labute approximate surface area is 106 Å². The molecule has 0 aromatic heterocycles. The molecule has 2 N–H and O–H groups in total. The number of Topliss-reactive ketones (excluding diaryl/α,β-unsaturated/α-hetero) is 2. The zero-order chi connectivity index (χ0) is 13.3. The van der Waals surface area contributed by atoms with Gasteiger partial charge in [0.15, 0.2) is 5.78 Å². The van der Waals surface area contributed by atoms with Gasteiger partial charge in [-0.05, 0) is 29.7 Å². The topological polar surface area (TPSA) is 69.4 Å². The van der Waals surface area contributed by atoms with E-state index in [1.165, 1.54) is 0 Å². The molecule has 2 unspecified atom stereocenters. The maximum Gasteiger partial charge on any atom is 0.150 e. The molecule has 1 fully saturated rings. The zero-order valence-corrected chi connectivity index (χ0v) is 10.6. The lowest BCUT2D eigenvalue weighted by Crippen LogP contribution is -2.16. The van der Waals surface area contributed by atoms with Gasteiger partial charge in [0.1, 0.15) is 17.5 Å². The van der Waals surface area contributed by atoms with Gasteiger partial charge in [0.05, 0.1) is 0 Å². The summed E-state index contributed by atoms with van der Waals surface area (Å²) in [5.41, 5.74) is 1.75. The monoisotopic (exact) mass is 247 g/mol. The second-order valence-corrected chi connectivity index (χ2v) is 4.74. The van der Waals surface area contributed by atoms with Crippen LogP contribution in [0, 0.1) is 5.92 Å². The van der Waals surface area contributed by atoms with Crippen LogP contribution < -0.4 is 10.7 Å². The van der Waals surface area contributed by atoms with Crippen molar-refractivity contribution in [3.63, 3.8) is 0 Å². The minimum atomic E-state index is -0.634. The van der Waals surface area contributed by atoms with Crippen molar-refractivity contribution in [3.05, 3.63) is 29.3 Å². The number of carbonyl (C=O) groups excluding carboxylic acids is 2. The van der Waals surface area contributed by atoms with Gasteiger partial charge in [0.25, 0.3) is 0 Å². The molecule has 1 aliphatic rings. The van der Waals surface area contributed by atoms with E-state index in [1.54, 1.807) is 19.1 Å². The smallest absolute Gasteiger partial charge is 0.150 e. The molecule has 4 heteroatoms. The van der Waals surface area contributed by atoms with Crippen LogP contribution >= 0.6 is 0 Å². The number of ketones is 2. The maximum absolute atomic E-state index is 12.1. The minimum absolute atomic E-state index is 0.00336. The van der Waals surface area contributed by atoms with E-state index in [4.69, 9.17) is 5.90 Å². The minimum Gasteiger partial charge on any atom is -0.412 e. The zero-order valence-electron chi connectivity index (χ0n) is 10.6. The molecule has 0 radical (unpaired) electrons. The van der Waals surface area contributed by atoms with E-state index >= 15 is 0 Å². The van der Waals surface area contributed by atoms with Gasteiger partial charge in [-0.3, -0.25) is 9.59 Å². The van der Waals surface area contributed by atoms with Gasteiger partial charge in [-0.1, -0.05) is 19.9 Å². The predicted molar refractivity (Wildman–Crippen MR) is 67.2 cm³/mol. The summed E-state index contributed by atoms with van der Waals surface area (Å²) in [6.45, 7) is 3.80. The highest BCUT2D eigenvalue weighted by Crippen LogP contribution is 2.35. The number of aryl methyl sites for hydroxylation is 1. The highest BCUT2D eigenvalue weighted by molar-refractivity contribution is 6.14. The fraction of sp³-hybridized carbons (Fsp3) is 0.429. The predicted octanol–water partition coefficient (Wildman–Crippen LogP) is 1.76. The molecule has 0 heterocycles. The summed E-state index contributed by atoms with van der Waals surface area (Å²) >= 11 is 0. The van der Waals surface area contributed by atoms with Gasteiger partial charge in [0.2, 0.25) is 0 Å². The molecule has 96 valence electrons. The lowest BCUT2D eigenvalue weighted by molar-refractivity contribution is -0.124. The molecule has 0 bridgehead atoms. The fourth-order valence-corrected chi connectivity index (χ4v) is 2.53. The number of hydrogen-bond donors (Lipinski definition) is 1. The molecule has 1 aliphatic carbocycles. The summed E-state index contributed by atoms with van der Waals surface area (Å²) in [6, 6.07) is 5.31. The van der Waals surface area contributed by atoms with Crippen LogP contribution in [0.1, 0.15) is 37.3 Å². The standard InChI is InChI=1S/C14H17NO3/c1-3-9-4-5-10(18-15)7-11(9)13-12(16)6-8(2)14(13)17/h4-5,7-8,13H,3,6,15H2,1-2H3. The Morgan fingerprint density at radius 2 is 2.11 bits per heavy atom. The van der Waals surface area contributed by atoms with Crippen LogP contribution in [0.3, 0.4) is 0 Å². The van der Waals surface area contributed by atoms with Crippen LogP contribution in [-0.2, 0) is 16.0 Å². The summed E-state index contributed by atoms with van der Waals surface area (Å²) in [5.74, 6) is 4.79. The SMILES string of the molecule is CCc1ccc(ON)cc1C1C(=O)CC(C)C1=O. The molecular formula is C14H17NO3. The molecule has 0 amide bonds. The quantitative estimate of drug-likeness (QED) is 0.652. The summed E-state index contributed by atoms with van der Waals surface area (Å²) in [4.78, 5) is 28.8. The highest BCUT2D eigenvalue weighted by Gasteiger charge is 2.40. The molecule has 2 rings (SSSR count). The molecule has 0 aliphatic heterocycles. The third-order valence-electron chi connectivity index (χ3n) is 3.54. The van der Waals surface area contributed by atoms with Gasteiger partial charge in [-0.25, -0.2) is 0 Å². The van der Waals surface area contributed by atoms with E-state index in [2.05, 4.69) is 4.84 Å². The highest BCUT2D eigenvalue weighted by atomic mass is 16.6. The molecular weight excluding hydrogens is 230 g/mol. The number of rotatable bonds is 3. The van der Waals surface area contributed by atoms with Crippen molar-refractivity contribution in [2.24, 2.45) is 11.8 Å². The van der Waals surface area contributed by atoms with Crippen LogP contribution in [0.25, 0.3) is 0 Å². The number of carbonyl (C=O) groups is 2. The third kappa shape index (κ3) is 2.04. The first-order valence-electron chi connectivity index (χ1n) is 6.14. The average Bonchev–Trinajstić information content (AvgIpc) is 2.62. The molecule has 1 saturated carbocycles. The van der Waals surface area contributed by atoms with E-state index in [-0.39, 0.29) is 17.5 Å². The Morgan fingerprint density at radius 3 is 2.61 bits per heavy atom. The van der Waals surface area contributed by atoms with Crippen molar-refractivity contribution in [2.45, 2.75) is 32.6 Å². The van der Waals surface area contributed by atoms with Crippen molar-refractivity contribution in [2.75, 3.05) is 0 Å². The molecule has 0 spiro atoms.